The maximum absolute atomic E-state index is 13.0. The molecule has 120 valence electrons. The Labute approximate surface area is 132 Å². The highest BCUT2D eigenvalue weighted by Gasteiger charge is 2.70. The zero-order valence-corrected chi connectivity index (χ0v) is 13.9. The number of hydrogen-bond donors (Lipinski definition) is 2. The zero-order valence-electron chi connectivity index (χ0n) is 13.9. The number of anilines is 1. The summed E-state index contributed by atoms with van der Waals surface area (Å²) in [4.78, 5) is 13.0. The fraction of sp³-hybridized carbons (Fsp3) is 0.611. The van der Waals surface area contributed by atoms with Gasteiger partial charge in [0.15, 0.2) is 0 Å². The Hall–Kier alpha value is -1.39. The van der Waals surface area contributed by atoms with Crippen molar-refractivity contribution in [1.82, 2.24) is 0 Å². The van der Waals surface area contributed by atoms with Crippen LogP contribution in [-0.4, -0.2) is 24.2 Å². The molecule has 0 bridgehead atoms. The highest BCUT2D eigenvalue weighted by Crippen LogP contribution is 2.57. The molecule has 0 spiro atoms. The fourth-order valence-corrected chi connectivity index (χ4v) is 4.13. The predicted molar refractivity (Wildman–Crippen MR) is 87.7 cm³/mol. The third-order valence-corrected chi connectivity index (χ3v) is 5.70. The van der Waals surface area contributed by atoms with Gasteiger partial charge in [-0.3, -0.25) is 4.79 Å². The van der Waals surface area contributed by atoms with Crippen LogP contribution in [0, 0.1) is 25.2 Å². The summed E-state index contributed by atoms with van der Waals surface area (Å²) < 4.78 is 5.87. The van der Waals surface area contributed by atoms with E-state index in [9.17, 15) is 4.79 Å². The molecule has 0 aromatic heterocycles. The summed E-state index contributed by atoms with van der Waals surface area (Å²) in [5.41, 5.74) is 8.44. The molecule has 3 atom stereocenters. The van der Waals surface area contributed by atoms with Crippen LogP contribution in [0.5, 0.6) is 0 Å². The molecule has 0 radical (unpaired) electrons. The SMILES string of the molecule is Cc1ccc(C)c(NC(=O)C2(N)C3CCCOC3C2(C)C)c1. The first kappa shape index (κ1) is 15.5. The van der Waals surface area contributed by atoms with Crippen molar-refractivity contribution >= 4 is 11.6 Å². The molecule has 1 saturated heterocycles. The van der Waals surface area contributed by atoms with E-state index in [2.05, 4.69) is 5.32 Å². The van der Waals surface area contributed by atoms with Crippen molar-refractivity contribution in [3.63, 3.8) is 0 Å². The van der Waals surface area contributed by atoms with E-state index in [1.165, 1.54) is 0 Å². The van der Waals surface area contributed by atoms with E-state index in [0.29, 0.717) is 0 Å². The Morgan fingerprint density at radius 3 is 2.82 bits per heavy atom. The topological polar surface area (TPSA) is 64.4 Å². The quantitative estimate of drug-likeness (QED) is 0.883. The molecular formula is C18H26N2O2. The van der Waals surface area contributed by atoms with Crippen molar-refractivity contribution in [2.45, 2.75) is 52.2 Å². The van der Waals surface area contributed by atoms with E-state index in [0.717, 1.165) is 36.3 Å². The lowest BCUT2D eigenvalue weighted by Crippen LogP contribution is -2.81. The molecule has 1 aromatic rings. The molecule has 4 nitrogen and oxygen atoms in total. The van der Waals surface area contributed by atoms with Crippen molar-refractivity contribution in [1.29, 1.82) is 0 Å². The van der Waals surface area contributed by atoms with Crippen LogP contribution in [0.4, 0.5) is 5.69 Å². The first-order valence-corrected chi connectivity index (χ1v) is 8.07. The van der Waals surface area contributed by atoms with Crippen molar-refractivity contribution in [2.75, 3.05) is 11.9 Å². The number of rotatable bonds is 2. The second-order valence-corrected chi connectivity index (χ2v) is 7.40. The first-order chi connectivity index (χ1) is 10.3. The molecule has 1 saturated carbocycles. The van der Waals surface area contributed by atoms with E-state index in [1.807, 2.05) is 45.9 Å². The summed E-state index contributed by atoms with van der Waals surface area (Å²) in [5.74, 6) is 0.0271. The number of carbonyl (C=O) groups is 1. The molecule has 1 aliphatic heterocycles. The smallest absolute Gasteiger partial charge is 0.245 e. The summed E-state index contributed by atoms with van der Waals surface area (Å²) in [5, 5.41) is 3.06. The van der Waals surface area contributed by atoms with Crippen molar-refractivity contribution in [3.05, 3.63) is 29.3 Å². The molecule has 3 N–H and O–H groups in total. The van der Waals surface area contributed by atoms with Gasteiger partial charge in [0.1, 0.15) is 5.54 Å². The van der Waals surface area contributed by atoms with Gasteiger partial charge < -0.3 is 15.8 Å². The summed E-state index contributed by atoms with van der Waals surface area (Å²) in [6.45, 7) is 8.88. The van der Waals surface area contributed by atoms with Gasteiger partial charge >= 0.3 is 0 Å². The monoisotopic (exact) mass is 302 g/mol. The second-order valence-electron chi connectivity index (χ2n) is 7.40. The number of fused-ring (bicyclic) bond motifs is 1. The molecule has 1 amide bonds. The molecular weight excluding hydrogens is 276 g/mol. The molecule has 22 heavy (non-hydrogen) atoms. The van der Waals surface area contributed by atoms with Crippen molar-refractivity contribution in [3.8, 4) is 0 Å². The number of amides is 1. The highest BCUT2D eigenvalue weighted by molar-refractivity contribution is 6.00. The third kappa shape index (κ3) is 2.01. The molecule has 1 heterocycles. The molecule has 3 unspecified atom stereocenters. The lowest BCUT2D eigenvalue weighted by atomic mass is 9.46. The average Bonchev–Trinajstić information content (AvgIpc) is 2.50. The van der Waals surface area contributed by atoms with E-state index in [-0.39, 0.29) is 23.3 Å². The van der Waals surface area contributed by atoms with E-state index >= 15 is 0 Å². The van der Waals surface area contributed by atoms with Crippen LogP contribution in [0.15, 0.2) is 18.2 Å². The lowest BCUT2D eigenvalue weighted by Gasteiger charge is -2.65. The van der Waals surface area contributed by atoms with E-state index in [1.54, 1.807) is 0 Å². The van der Waals surface area contributed by atoms with Crippen LogP contribution in [0.3, 0.4) is 0 Å². The second kappa shape index (κ2) is 5.07. The highest BCUT2D eigenvalue weighted by atomic mass is 16.5. The number of nitrogens with one attached hydrogen (secondary N) is 1. The van der Waals surface area contributed by atoms with Gasteiger partial charge in [0.25, 0.3) is 0 Å². The number of aryl methyl sites for hydroxylation is 2. The molecule has 1 aliphatic carbocycles. The molecule has 2 aliphatic rings. The summed E-state index contributed by atoms with van der Waals surface area (Å²) in [6, 6.07) is 6.06. The van der Waals surface area contributed by atoms with E-state index in [4.69, 9.17) is 10.5 Å². The summed E-state index contributed by atoms with van der Waals surface area (Å²) in [7, 11) is 0. The van der Waals surface area contributed by atoms with E-state index < -0.39 is 5.54 Å². The lowest BCUT2D eigenvalue weighted by molar-refractivity contribution is -0.222. The molecule has 4 heteroatoms. The van der Waals surface area contributed by atoms with Gasteiger partial charge in [-0.25, -0.2) is 0 Å². The Balaban J connectivity index is 1.86. The average molecular weight is 302 g/mol. The van der Waals surface area contributed by atoms with Gasteiger partial charge in [-0.15, -0.1) is 0 Å². The normalized spacial score (nSPS) is 32.8. The number of benzene rings is 1. The van der Waals surface area contributed by atoms with Crippen LogP contribution < -0.4 is 11.1 Å². The summed E-state index contributed by atoms with van der Waals surface area (Å²) in [6.07, 6.45) is 2.04. The molecule has 1 aromatic carbocycles. The maximum atomic E-state index is 13.0. The molecule has 2 fully saturated rings. The third-order valence-electron chi connectivity index (χ3n) is 5.70. The van der Waals surface area contributed by atoms with Gasteiger partial charge in [0.2, 0.25) is 5.91 Å². The molecule has 3 rings (SSSR count). The van der Waals surface area contributed by atoms with Crippen molar-refractivity contribution in [2.24, 2.45) is 17.1 Å². The van der Waals surface area contributed by atoms with Gasteiger partial charge in [-0.05, 0) is 43.9 Å². The largest absolute Gasteiger partial charge is 0.377 e. The van der Waals surface area contributed by atoms with Crippen LogP contribution in [0.2, 0.25) is 0 Å². The van der Waals surface area contributed by atoms with Gasteiger partial charge in [0, 0.05) is 23.6 Å². The minimum atomic E-state index is -0.867. The maximum Gasteiger partial charge on any atom is 0.245 e. The Morgan fingerprint density at radius 2 is 2.09 bits per heavy atom. The number of hydrogen-bond acceptors (Lipinski definition) is 3. The fourth-order valence-electron chi connectivity index (χ4n) is 4.13. The Kier molecular flexibility index (Phi) is 3.57. The number of ether oxygens (including phenoxy) is 1. The number of carbonyl (C=O) groups excluding carboxylic acids is 1. The Morgan fingerprint density at radius 1 is 1.36 bits per heavy atom. The first-order valence-electron chi connectivity index (χ1n) is 8.07. The number of nitrogens with two attached hydrogens (primary N) is 1. The minimum Gasteiger partial charge on any atom is -0.377 e. The summed E-state index contributed by atoms with van der Waals surface area (Å²) >= 11 is 0. The van der Waals surface area contributed by atoms with Crippen molar-refractivity contribution < 1.29 is 9.53 Å². The minimum absolute atomic E-state index is 0.0852. The van der Waals surface area contributed by atoms with Crippen LogP contribution in [-0.2, 0) is 9.53 Å². The van der Waals surface area contributed by atoms with Gasteiger partial charge in [0.05, 0.1) is 6.10 Å². The van der Waals surface area contributed by atoms with Crippen LogP contribution >= 0.6 is 0 Å². The van der Waals surface area contributed by atoms with Gasteiger partial charge in [-0.1, -0.05) is 26.0 Å². The standard InChI is InChI=1S/C18H26N2O2/c1-11-7-8-12(2)14(10-11)20-16(21)18(19)13-6-5-9-22-15(13)17(18,3)4/h7-8,10,13,15H,5-6,9,19H2,1-4H3,(H,20,21). The van der Waals surface area contributed by atoms with Crippen LogP contribution in [0.25, 0.3) is 0 Å². The van der Waals surface area contributed by atoms with Gasteiger partial charge in [-0.2, -0.15) is 0 Å². The Bertz CT molecular complexity index is 611. The zero-order chi connectivity index (χ0) is 16.1. The predicted octanol–water partition coefficient (Wildman–Crippen LogP) is 2.77. The van der Waals surface area contributed by atoms with Crippen LogP contribution in [0.1, 0.15) is 37.8 Å².